The summed E-state index contributed by atoms with van der Waals surface area (Å²) in [7, 11) is 0. The van der Waals surface area contributed by atoms with Gasteiger partial charge in [-0.25, -0.2) is 9.18 Å². The Hall–Kier alpha value is -3.38. The van der Waals surface area contributed by atoms with E-state index in [-0.39, 0.29) is 0 Å². The molecule has 39 heteroatoms. The molecule has 0 N–H and O–H groups in total. The molecule has 0 rings (SSSR count). The first-order chi connectivity index (χ1) is 25.6. The predicted octanol–water partition coefficient (Wildman–Crippen LogP) is 12.4. The van der Waals surface area contributed by atoms with Crippen molar-refractivity contribution in [1.82, 2.24) is 0 Å². The van der Waals surface area contributed by atoms with Gasteiger partial charge in [-0.05, 0) is 6.92 Å². The molecule has 1 unspecified atom stereocenters. The highest BCUT2D eigenvalue weighted by Gasteiger charge is 3.03. The van der Waals surface area contributed by atoms with Gasteiger partial charge in [0, 0.05) is 5.57 Å². The van der Waals surface area contributed by atoms with Crippen LogP contribution in [-0.2, 0) is 9.53 Å². The minimum absolute atomic E-state index is 0.504. The fraction of sp³-hybridized carbons (Fsp3) is 0.864. The molecular weight excluding hydrogens is 999 g/mol. The summed E-state index contributed by atoms with van der Waals surface area (Å²) >= 11 is 0. The number of carbonyl (C=O) groups is 1. The molecule has 0 radical (unpaired) electrons. The smallest absolute Gasteiger partial charge is 0.413 e. The maximum absolute atomic E-state index is 15.3. The molecule has 61 heavy (non-hydrogen) atoms. The maximum atomic E-state index is 15.3. The zero-order valence-electron chi connectivity index (χ0n) is 26.5. The minimum Gasteiger partial charge on any atom is -0.413 e. The Kier molecular flexibility index (Phi) is 13.3. The van der Waals surface area contributed by atoms with Crippen LogP contribution in [0.5, 0.6) is 0 Å². The molecule has 0 amide bonds. The number of rotatable bonds is 16. The van der Waals surface area contributed by atoms with Gasteiger partial charge in [-0.15, -0.1) is 0 Å². The van der Waals surface area contributed by atoms with Crippen molar-refractivity contribution in [3.05, 3.63) is 12.2 Å². The highest BCUT2D eigenvalue weighted by Crippen LogP contribution is 2.71. The maximum Gasteiger partial charge on any atom is 0.460 e. The second-order valence-corrected chi connectivity index (χ2v) is 11.4. The van der Waals surface area contributed by atoms with Gasteiger partial charge in [-0.2, -0.15) is 158 Å². The second kappa shape index (κ2) is 14.1. The summed E-state index contributed by atoms with van der Waals surface area (Å²) in [6.07, 6.45) is -26.4. The lowest BCUT2D eigenvalue weighted by Gasteiger charge is -2.48. The van der Waals surface area contributed by atoms with Crippen molar-refractivity contribution in [3.8, 4) is 0 Å². The van der Waals surface area contributed by atoms with Crippen molar-refractivity contribution in [1.29, 1.82) is 0 Å². The van der Waals surface area contributed by atoms with E-state index in [1.165, 1.54) is 0 Å². The van der Waals surface area contributed by atoms with Crippen LogP contribution < -0.4 is 0 Å². The van der Waals surface area contributed by atoms with E-state index in [4.69, 9.17) is 0 Å². The van der Waals surface area contributed by atoms with E-state index >= 15 is 4.39 Å². The van der Waals surface area contributed by atoms with Crippen LogP contribution in [0.25, 0.3) is 0 Å². The highest BCUT2D eigenvalue weighted by atomic mass is 19.5. The summed E-state index contributed by atoms with van der Waals surface area (Å²) in [5.74, 6) is -145. The molecule has 1 atom stereocenters. The van der Waals surface area contributed by atoms with Gasteiger partial charge in [-0.3, -0.25) is 0 Å². The molecule has 0 aliphatic rings. The lowest BCUT2D eigenvalue weighted by molar-refractivity contribution is -0.502. The molecule has 0 aromatic heterocycles. The Morgan fingerprint density at radius 3 is 0.656 bits per heavy atom. The van der Waals surface area contributed by atoms with Crippen molar-refractivity contribution in [3.63, 3.8) is 0 Å². The number of ether oxygens (including phenoxy) is 1. The summed E-state index contributed by atoms with van der Waals surface area (Å²) < 4.78 is 508. The van der Waals surface area contributed by atoms with Gasteiger partial charge in [0.2, 0.25) is 0 Å². The number of hydrogen-bond donors (Lipinski definition) is 0. The van der Waals surface area contributed by atoms with Crippen molar-refractivity contribution in [2.75, 3.05) is 0 Å². The standard InChI is InChI=1S/C22H5F37O2/c1-3(2)4(60)61-19(50,17(46,47)14(40,41)11(34,35)12(36,37)15(42,43)18(48,49)22(57,58)59)16(44,45)13(38,39)10(32,33)9(30,31)8(28,29)7(26,27)6(24,25)5(23,20(51,52)53)21(54,55)56/h1H2,2H3. The van der Waals surface area contributed by atoms with Crippen LogP contribution in [0.4, 0.5) is 162 Å². The average molecular weight is 1000 g/mol. The Balaban J connectivity index is 8.57. The fourth-order valence-electron chi connectivity index (χ4n) is 3.63. The van der Waals surface area contributed by atoms with Crippen LogP contribution in [0.2, 0.25) is 0 Å². The first kappa shape index (κ1) is 57.6. The Morgan fingerprint density at radius 1 is 0.295 bits per heavy atom. The molecule has 364 valence electrons. The summed E-state index contributed by atoms with van der Waals surface area (Å²) in [5.41, 5.74) is -12.0. The number of carbonyl (C=O) groups excluding carboxylic acids is 1. The van der Waals surface area contributed by atoms with Crippen LogP contribution in [0, 0.1) is 0 Å². The fourth-order valence-corrected chi connectivity index (χ4v) is 3.63. The van der Waals surface area contributed by atoms with Gasteiger partial charge < -0.3 is 4.74 Å². The van der Waals surface area contributed by atoms with Crippen molar-refractivity contribution >= 4 is 5.97 Å². The van der Waals surface area contributed by atoms with Crippen molar-refractivity contribution < 1.29 is 172 Å². The normalized spacial score (nSPS) is 17.6. The van der Waals surface area contributed by atoms with Gasteiger partial charge >= 0.3 is 113 Å². The summed E-state index contributed by atoms with van der Waals surface area (Å²) in [6.45, 7) is 1.34. The Morgan fingerprint density at radius 2 is 0.475 bits per heavy atom. The molecule has 0 aliphatic carbocycles. The topological polar surface area (TPSA) is 26.3 Å². The third kappa shape index (κ3) is 6.71. The van der Waals surface area contributed by atoms with Gasteiger partial charge in [0.25, 0.3) is 0 Å². The Bertz CT molecular complexity index is 1640. The molecule has 0 aliphatic heterocycles. The predicted molar refractivity (Wildman–Crippen MR) is 111 cm³/mol. The lowest BCUT2D eigenvalue weighted by Crippen LogP contribution is -2.82. The van der Waals surface area contributed by atoms with E-state index < -0.39 is 126 Å². The summed E-state index contributed by atoms with van der Waals surface area (Å²) in [5, 5.41) is 0. The van der Waals surface area contributed by atoms with E-state index in [1.807, 2.05) is 6.58 Å². The van der Waals surface area contributed by atoms with E-state index in [0.29, 0.717) is 0 Å². The number of esters is 1. The SMILES string of the molecule is C=C(C)C(=O)OC(F)(C(F)(F)C(F)(F)C(F)(F)C(F)(F)C(F)(F)C(F)(F)C(F)(F)F)C(F)(F)C(F)(F)C(F)(F)C(F)(F)C(F)(F)C(F)(F)C(F)(F)C(F)(C(F)(F)F)C(F)(F)F. The number of hydrogen-bond acceptors (Lipinski definition) is 2. The molecule has 0 heterocycles. The van der Waals surface area contributed by atoms with E-state index in [9.17, 15) is 163 Å². The lowest BCUT2D eigenvalue weighted by atomic mass is 9.80. The van der Waals surface area contributed by atoms with E-state index in [2.05, 4.69) is 0 Å². The third-order valence-corrected chi connectivity index (χ3v) is 7.30. The monoisotopic (exact) mass is 1000 g/mol. The van der Waals surface area contributed by atoms with Crippen molar-refractivity contribution in [2.45, 2.75) is 114 Å². The number of halogens is 37. The molecule has 2 nitrogen and oxygen atoms in total. The van der Waals surface area contributed by atoms with Crippen molar-refractivity contribution in [2.24, 2.45) is 0 Å². The van der Waals surface area contributed by atoms with Gasteiger partial charge in [0.15, 0.2) is 0 Å². The number of alkyl halides is 37. The first-order valence-electron chi connectivity index (χ1n) is 13.0. The molecular formula is C22H5F37O2. The summed E-state index contributed by atoms with van der Waals surface area (Å²) in [4.78, 5) is 11.4. The molecule has 0 aromatic carbocycles. The molecule has 0 aromatic rings. The highest BCUT2D eigenvalue weighted by molar-refractivity contribution is 5.87. The quantitative estimate of drug-likeness (QED) is 0.0875. The van der Waals surface area contributed by atoms with E-state index in [0.717, 1.165) is 0 Å². The summed E-state index contributed by atoms with van der Waals surface area (Å²) in [6, 6.07) is 0. The average Bonchev–Trinajstić information content (AvgIpc) is 3.00. The zero-order chi connectivity index (χ0) is 50.9. The van der Waals surface area contributed by atoms with Crippen LogP contribution in [0.3, 0.4) is 0 Å². The molecule has 0 bridgehead atoms. The van der Waals surface area contributed by atoms with E-state index in [1.54, 1.807) is 4.74 Å². The van der Waals surface area contributed by atoms with Gasteiger partial charge in [-0.1, -0.05) is 6.58 Å². The third-order valence-electron chi connectivity index (χ3n) is 7.30. The van der Waals surface area contributed by atoms with Crippen LogP contribution in [0.15, 0.2) is 12.2 Å². The second-order valence-electron chi connectivity index (χ2n) is 11.4. The largest absolute Gasteiger partial charge is 0.460 e. The molecule has 0 spiro atoms. The molecule has 0 saturated carbocycles. The van der Waals surface area contributed by atoms with Crippen LogP contribution in [-0.4, -0.2) is 113 Å². The first-order valence-corrected chi connectivity index (χ1v) is 13.0. The van der Waals surface area contributed by atoms with Gasteiger partial charge in [0.05, 0.1) is 0 Å². The zero-order valence-corrected chi connectivity index (χ0v) is 26.5. The Labute approximate surface area is 305 Å². The molecule has 0 saturated heterocycles. The minimum atomic E-state index is -10.4. The van der Waals surface area contributed by atoms with Crippen LogP contribution >= 0.6 is 0 Å². The molecule has 0 fully saturated rings. The van der Waals surface area contributed by atoms with Crippen LogP contribution in [0.1, 0.15) is 6.92 Å². The van der Waals surface area contributed by atoms with Gasteiger partial charge in [0.1, 0.15) is 0 Å².